The summed E-state index contributed by atoms with van der Waals surface area (Å²) >= 11 is 0. The molecule has 8 nitrogen and oxygen atoms in total. The highest BCUT2D eigenvalue weighted by Gasteiger charge is 2.14. The van der Waals surface area contributed by atoms with Crippen LogP contribution < -0.4 is 10.1 Å². The zero-order valence-corrected chi connectivity index (χ0v) is 14.3. The predicted molar refractivity (Wildman–Crippen MR) is 97.7 cm³/mol. The normalized spacial score (nSPS) is 10.4. The topological polar surface area (TPSA) is 115 Å². The van der Waals surface area contributed by atoms with Crippen LogP contribution in [-0.4, -0.2) is 23.0 Å². The van der Waals surface area contributed by atoms with Crippen LogP contribution in [0.25, 0.3) is 11.3 Å². The van der Waals surface area contributed by atoms with Gasteiger partial charge < -0.3 is 19.6 Å². The van der Waals surface area contributed by atoms with Gasteiger partial charge in [-0.25, -0.2) is 0 Å². The van der Waals surface area contributed by atoms with Crippen molar-refractivity contribution in [2.45, 2.75) is 6.61 Å². The maximum atomic E-state index is 12.4. The van der Waals surface area contributed by atoms with E-state index >= 15 is 0 Å². The number of nitro groups is 1. The lowest BCUT2D eigenvalue weighted by Gasteiger charge is -2.10. The Bertz CT molecular complexity index is 995. The minimum Gasteiger partial charge on any atom is -0.496 e. The molecule has 8 heteroatoms. The van der Waals surface area contributed by atoms with Gasteiger partial charge in [-0.15, -0.1) is 0 Å². The summed E-state index contributed by atoms with van der Waals surface area (Å²) in [5.74, 6) is 0.933. The van der Waals surface area contributed by atoms with Gasteiger partial charge in [0, 0.05) is 29.4 Å². The number of hydrogen-bond acceptors (Lipinski definition) is 6. The average Bonchev–Trinajstić information content (AvgIpc) is 3.17. The summed E-state index contributed by atoms with van der Waals surface area (Å²) in [5.41, 5.74) is 1.13. The second-order valence-corrected chi connectivity index (χ2v) is 5.60. The summed E-state index contributed by atoms with van der Waals surface area (Å²) in [6, 6.07) is 13.8. The summed E-state index contributed by atoms with van der Waals surface area (Å²) < 4.78 is 10.9. The fourth-order valence-electron chi connectivity index (χ4n) is 2.54. The molecule has 0 bridgehead atoms. The molecule has 27 heavy (non-hydrogen) atoms. The number of rotatable bonds is 6. The number of aliphatic hydroxyl groups excluding tert-OH is 1. The van der Waals surface area contributed by atoms with Gasteiger partial charge in [-0.2, -0.15) is 0 Å². The summed E-state index contributed by atoms with van der Waals surface area (Å²) in [5, 5.41) is 22.6. The number of hydrogen-bond donors (Lipinski definition) is 2. The van der Waals surface area contributed by atoms with E-state index in [2.05, 4.69) is 5.32 Å². The number of non-ortho nitro benzene ring substituents is 1. The third-order valence-corrected chi connectivity index (χ3v) is 3.86. The molecule has 138 valence electrons. The average molecular weight is 368 g/mol. The van der Waals surface area contributed by atoms with Gasteiger partial charge in [-0.1, -0.05) is 6.07 Å². The van der Waals surface area contributed by atoms with Gasteiger partial charge in [0.1, 0.15) is 23.9 Å². The number of carbonyl (C=O) groups excluding carboxylic acids is 1. The van der Waals surface area contributed by atoms with Crippen LogP contribution in [-0.2, 0) is 6.61 Å². The SMILES string of the molecule is COc1cc(NC(=O)c2cccc([N+](=O)[O-])c2)ccc1-c1ccc(CO)o1. The van der Waals surface area contributed by atoms with Crippen LogP contribution in [0.1, 0.15) is 16.1 Å². The molecule has 1 aromatic heterocycles. The fourth-order valence-corrected chi connectivity index (χ4v) is 2.54. The van der Waals surface area contributed by atoms with Crippen LogP contribution in [0.2, 0.25) is 0 Å². The molecule has 2 N–H and O–H groups in total. The molecule has 3 rings (SSSR count). The first-order valence-corrected chi connectivity index (χ1v) is 7.95. The zero-order valence-electron chi connectivity index (χ0n) is 14.3. The number of furan rings is 1. The fraction of sp³-hybridized carbons (Fsp3) is 0.105. The number of methoxy groups -OCH3 is 1. The molecule has 0 aliphatic carbocycles. The van der Waals surface area contributed by atoms with E-state index in [-0.39, 0.29) is 17.9 Å². The molecule has 0 saturated heterocycles. The van der Waals surface area contributed by atoms with Crippen molar-refractivity contribution in [1.29, 1.82) is 0 Å². The lowest BCUT2D eigenvalue weighted by atomic mass is 10.1. The molecule has 0 unspecified atom stereocenters. The summed E-state index contributed by atoms with van der Waals surface area (Å²) in [7, 11) is 1.49. The summed E-state index contributed by atoms with van der Waals surface area (Å²) in [4.78, 5) is 22.7. The van der Waals surface area contributed by atoms with Crippen molar-refractivity contribution in [1.82, 2.24) is 0 Å². The number of carbonyl (C=O) groups is 1. The van der Waals surface area contributed by atoms with Gasteiger partial charge in [0.05, 0.1) is 17.6 Å². The van der Waals surface area contributed by atoms with Gasteiger partial charge in [0.2, 0.25) is 0 Å². The molecule has 3 aromatic rings. The molecule has 0 aliphatic heterocycles. The van der Waals surface area contributed by atoms with E-state index in [0.29, 0.717) is 28.5 Å². The van der Waals surface area contributed by atoms with Crippen LogP contribution in [0.5, 0.6) is 5.75 Å². The second-order valence-electron chi connectivity index (χ2n) is 5.60. The van der Waals surface area contributed by atoms with E-state index in [4.69, 9.17) is 14.3 Å². The number of anilines is 1. The number of ether oxygens (including phenoxy) is 1. The molecule has 0 fully saturated rings. The Morgan fingerprint density at radius 3 is 2.70 bits per heavy atom. The van der Waals surface area contributed by atoms with Crippen LogP contribution in [0.3, 0.4) is 0 Å². The van der Waals surface area contributed by atoms with Crippen molar-refractivity contribution in [2.75, 3.05) is 12.4 Å². The highest BCUT2D eigenvalue weighted by molar-refractivity contribution is 6.04. The van der Waals surface area contributed by atoms with Crippen molar-refractivity contribution < 1.29 is 24.0 Å². The Hall–Kier alpha value is -3.65. The van der Waals surface area contributed by atoms with E-state index in [9.17, 15) is 14.9 Å². The standard InChI is InChI=1S/C19H16N2O6/c1-26-18-10-13(5-7-16(18)17-8-6-15(11-22)27-17)20-19(23)12-3-2-4-14(9-12)21(24)25/h2-10,22H,11H2,1H3,(H,20,23). The zero-order chi connectivity index (χ0) is 19.4. The number of amides is 1. The van der Waals surface area contributed by atoms with E-state index in [1.807, 2.05) is 0 Å². The molecule has 1 heterocycles. The molecule has 0 spiro atoms. The van der Waals surface area contributed by atoms with Crippen molar-refractivity contribution in [3.63, 3.8) is 0 Å². The van der Waals surface area contributed by atoms with Gasteiger partial charge in [-0.05, 0) is 30.3 Å². The van der Waals surface area contributed by atoms with Crippen molar-refractivity contribution in [2.24, 2.45) is 0 Å². The second kappa shape index (κ2) is 7.71. The van der Waals surface area contributed by atoms with E-state index in [1.54, 1.807) is 30.3 Å². The van der Waals surface area contributed by atoms with Crippen LogP contribution in [0.4, 0.5) is 11.4 Å². The van der Waals surface area contributed by atoms with E-state index in [1.165, 1.54) is 31.4 Å². The number of benzene rings is 2. The quantitative estimate of drug-likeness (QED) is 0.507. The lowest BCUT2D eigenvalue weighted by molar-refractivity contribution is -0.384. The Morgan fingerprint density at radius 1 is 1.22 bits per heavy atom. The molecular formula is C19H16N2O6. The van der Waals surface area contributed by atoms with Gasteiger partial charge in [0.15, 0.2) is 0 Å². The summed E-state index contributed by atoms with van der Waals surface area (Å²) in [6.07, 6.45) is 0. The monoisotopic (exact) mass is 368 g/mol. The minimum absolute atomic E-state index is 0.159. The number of nitro benzene ring substituents is 1. The highest BCUT2D eigenvalue weighted by Crippen LogP contribution is 2.33. The third-order valence-electron chi connectivity index (χ3n) is 3.86. The van der Waals surface area contributed by atoms with Gasteiger partial charge in [0.25, 0.3) is 11.6 Å². The molecule has 0 saturated carbocycles. The largest absolute Gasteiger partial charge is 0.496 e. The predicted octanol–water partition coefficient (Wildman–Crippen LogP) is 3.61. The number of nitrogens with zero attached hydrogens (tertiary/aromatic N) is 1. The smallest absolute Gasteiger partial charge is 0.270 e. The minimum atomic E-state index is -0.557. The van der Waals surface area contributed by atoms with E-state index < -0.39 is 10.8 Å². The maximum Gasteiger partial charge on any atom is 0.270 e. The van der Waals surface area contributed by atoms with Crippen molar-refractivity contribution in [3.05, 3.63) is 76.0 Å². The molecular weight excluding hydrogens is 352 g/mol. The Morgan fingerprint density at radius 2 is 2.04 bits per heavy atom. The van der Waals surface area contributed by atoms with Crippen LogP contribution in [0, 0.1) is 10.1 Å². The van der Waals surface area contributed by atoms with Crippen LogP contribution in [0.15, 0.2) is 59.0 Å². The van der Waals surface area contributed by atoms with E-state index in [0.717, 1.165) is 0 Å². The number of nitrogens with one attached hydrogen (secondary N) is 1. The Balaban J connectivity index is 1.84. The molecule has 2 aromatic carbocycles. The van der Waals surface area contributed by atoms with Crippen molar-refractivity contribution in [3.8, 4) is 17.1 Å². The number of aliphatic hydroxyl groups is 1. The Kier molecular flexibility index (Phi) is 5.18. The Labute approximate surface area is 154 Å². The first kappa shape index (κ1) is 18.2. The first-order valence-electron chi connectivity index (χ1n) is 7.95. The third kappa shape index (κ3) is 3.96. The molecule has 0 atom stereocenters. The van der Waals surface area contributed by atoms with Gasteiger partial charge in [-0.3, -0.25) is 14.9 Å². The first-order chi connectivity index (χ1) is 13.0. The van der Waals surface area contributed by atoms with Crippen molar-refractivity contribution >= 4 is 17.3 Å². The van der Waals surface area contributed by atoms with Gasteiger partial charge >= 0.3 is 0 Å². The molecule has 0 aliphatic rings. The summed E-state index contributed by atoms with van der Waals surface area (Å²) in [6.45, 7) is -0.209. The lowest BCUT2D eigenvalue weighted by Crippen LogP contribution is -2.12. The molecule has 0 radical (unpaired) electrons. The highest BCUT2D eigenvalue weighted by atomic mass is 16.6. The molecule has 1 amide bonds. The maximum absolute atomic E-state index is 12.4. The van der Waals surface area contributed by atoms with Crippen LogP contribution >= 0.6 is 0 Å².